The summed E-state index contributed by atoms with van der Waals surface area (Å²) in [5.41, 5.74) is 6.91. The third-order valence-corrected chi connectivity index (χ3v) is 3.05. The van der Waals surface area contributed by atoms with E-state index in [1.165, 1.54) is 23.5 Å². The minimum absolute atomic E-state index is 0.301. The van der Waals surface area contributed by atoms with Crippen molar-refractivity contribution < 1.29 is 8.91 Å². The number of rotatable bonds is 2. The van der Waals surface area contributed by atoms with Crippen LogP contribution in [-0.4, -0.2) is 15.1 Å². The molecule has 0 fully saturated rings. The number of thiophene rings is 1. The van der Waals surface area contributed by atoms with Crippen molar-refractivity contribution in [1.29, 1.82) is 0 Å². The van der Waals surface area contributed by atoms with E-state index in [4.69, 9.17) is 10.3 Å². The number of nitrogens with zero attached hydrogens (tertiary/aromatic N) is 3. The van der Waals surface area contributed by atoms with E-state index < -0.39 is 5.82 Å². The molecule has 5 nitrogen and oxygen atoms in total. The van der Waals surface area contributed by atoms with Gasteiger partial charge in [-0.25, -0.2) is 9.37 Å². The average Bonchev–Trinajstić information content (AvgIpc) is 2.98. The lowest BCUT2D eigenvalue weighted by molar-refractivity contribution is 0.432. The van der Waals surface area contributed by atoms with Crippen molar-refractivity contribution in [1.82, 2.24) is 15.1 Å². The predicted molar refractivity (Wildman–Crippen MR) is 65.2 cm³/mol. The van der Waals surface area contributed by atoms with Gasteiger partial charge in [0.2, 0.25) is 5.82 Å². The van der Waals surface area contributed by atoms with Crippen LogP contribution in [0.3, 0.4) is 0 Å². The zero-order valence-electron chi connectivity index (χ0n) is 9.00. The van der Waals surface area contributed by atoms with E-state index in [1.807, 2.05) is 5.38 Å². The van der Waals surface area contributed by atoms with Crippen LogP contribution >= 0.6 is 11.3 Å². The Balaban J connectivity index is 1.99. The standard InChI is InChI=1S/C11H7FN4OS/c12-6-1-2-8(14-5-6)10-15-11(17-16-10)7-3-4-18-9(7)13/h1-5H,13H2. The molecule has 0 aliphatic heterocycles. The van der Waals surface area contributed by atoms with E-state index in [0.717, 1.165) is 6.20 Å². The van der Waals surface area contributed by atoms with Crippen LogP contribution in [0.15, 0.2) is 34.3 Å². The van der Waals surface area contributed by atoms with Gasteiger partial charge in [-0.05, 0) is 23.6 Å². The van der Waals surface area contributed by atoms with Crippen molar-refractivity contribution >= 4 is 16.3 Å². The second-order valence-corrected chi connectivity index (χ2v) is 4.43. The molecule has 0 saturated heterocycles. The van der Waals surface area contributed by atoms with Crippen LogP contribution < -0.4 is 5.73 Å². The maximum atomic E-state index is 12.7. The number of anilines is 1. The second kappa shape index (κ2) is 4.19. The molecule has 18 heavy (non-hydrogen) atoms. The minimum atomic E-state index is -0.412. The lowest BCUT2D eigenvalue weighted by Crippen LogP contribution is -1.87. The zero-order chi connectivity index (χ0) is 12.5. The number of hydrogen-bond acceptors (Lipinski definition) is 6. The molecule has 0 radical (unpaired) electrons. The van der Waals surface area contributed by atoms with Crippen molar-refractivity contribution in [2.24, 2.45) is 0 Å². The molecule has 0 aromatic carbocycles. The van der Waals surface area contributed by atoms with Gasteiger partial charge in [0.1, 0.15) is 11.5 Å². The minimum Gasteiger partial charge on any atom is -0.390 e. The van der Waals surface area contributed by atoms with E-state index in [2.05, 4.69) is 15.1 Å². The first-order chi connectivity index (χ1) is 8.74. The molecule has 3 aromatic heterocycles. The van der Waals surface area contributed by atoms with E-state index >= 15 is 0 Å². The highest BCUT2D eigenvalue weighted by Gasteiger charge is 2.14. The van der Waals surface area contributed by atoms with Gasteiger partial charge in [0, 0.05) is 0 Å². The van der Waals surface area contributed by atoms with Gasteiger partial charge in [-0.3, -0.25) is 0 Å². The predicted octanol–water partition coefficient (Wildman–Crippen LogP) is 2.58. The lowest BCUT2D eigenvalue weighted by atomic mass is 10.3. The number of nitrogen functional groups attached to an aromatic ring is 1. The Morgan fingerprint density at radius 1 is 1.28 bits per heavy atom. The van der Waals surface area contributed by atoms with Gasteiger partial charge in [0.25, 0.3) is 5.89 Å². The average molecular weight is 262 g/mol. The van der Waals surface area contributed by atoms with Crippen molar-refractivity contribution in [2.45, 2.75) is 0 Å². The van der Waals surface area contributed by atoms with Crippen LogP contribution in [0.1, 0.15) is 0 Å². The van der Waals surface area contributed by atoms with E-state index in [0.29, 0.717) is 28.0 Å². The molecule has 0 aliphatic rings. The molecule has 0 spiro atoms. The third kappa shape index (κ3) is 1.84. The zero-order valence-corrected chi connectivity index (χ0v) is 9.82. The molecule has 3 heterocycles. The fourth-order valence-corrected chi connectivity index (χ4v) is 2.08. The van der Waals surface area contributed by atoms with Gasteiger partial charge in [0.15, 0.2) is 0 Å². The maximum absolute atomic E-state index is 12.7. The van der Waals surface area contributed by atoms with Gasteiger partial charge in [-0.15, -0.1) is 11.3 Å². The molecule has 0 atom stereocenters. The summed E-state index contributed by atoms with van der Waals surface area (Å²) in [7, 11) is 0. The monoisotopic (exact) mass is 262 g/mol. The fourth-order valence-electron chi connectivity index (χ4n) is 1.44. The first kappa shape index (κ1) is 10.8. The molecule has 3 rings (SSSR count). The lowest BCUT2D eigenvalue weighted by Gasteiger charge is -1.92. The van der Waals surface area contributed by atoms with Crippen LogP contribution in [0.4, 0.5) is 9.39 Å². The van der Waals surface area contributed by atoms with Gasteiger partial charge in [-0.1, -0.05) is 5.16 Å². The van der Waals surface area contributed by atoms with Crippen molar-refractivity contribution in [3.8, 4) is 23.0 Å². The Labute approximate surface area is 105 Å². The maximum Gasteiger partial charge on any atom is 0.261 e. The highest BCUT2D eigenvalue weighted by Crippen LogP contribution is 2.30. The molecular formula is C11H7FN4OS. The summed E-state index contributed by atoms with van der Waals surface area (Å²) in [6.45, 7) is 0. The summed E-state index contributed by atoms with van der Waals surface area (Å²) in [5.74, 6) is 0.218. The van der Waals surface area contributed by atoms with E-state index in [1.54, 1.807) is 6.07 Å². The summed E-state index contributed by atoms with van der Waals surface area (Å²) in [6.07, 6.45) is 1.10. The molecule has 0 amide bonds. The van der Waals surface area contributed by atoms with Crippen molar-refractivity contribution in [2.75, 3.05) is 5.73 Å². The largest absolute Gasteiger partial charge is 0.390 e. The third-order valence-electron chi connectivity index (χ3n) is 2.31. The summed E-state index contributed by atoms with van der Waals surface area (Å²) in [5, 5.41) is 6.24. The molecule has 0 aliphatic carbocycles. The van der Waals surface area contributed by atoms with Crippen LogP contribution in [-0.2, 0) is 0 Å². The molecule has 2 N–H and O–H groups in total. The number of aromatic nitrogens is 3. The van der Waals surface area contributed by atoms with Crippen molar-refractivity contribution in [3.63, 3.8) is 0 Å². The SMILES string of the molecule is Nc1sccc1-c1nc(-c2ccc(F)cn2)no1. The number of nitrogens with two attached hydrogens (primary N) is 1. The summed E-state index contributed by atoms with van der Waals surface area (Å²) in [4.78, 5) is 8.05. The number of hydrogen-bond donors (Lipinski definition) is 1. The molecule has 3 aromatic rings. The summed E-state index contributed by atoms with van der Waals surface area (Å²) >= 11 is 1.39. The Kier molecular flexibility index (Phi) is 2.52. The molecule has 0 unspecified atom stereocenters. The summed E-state index contributed by atoms with van der Waals surface area (Å²) < 4.78 is 17.8. The van der Waals surface area contributed by atoms with Gasteiger partial charge < -0.3 is 10.3 Å². The van der Waals surface area contributed by atoms with Crippen LogP contribution in [0, 0.1) is 5.82 Å². The Morgan fingerprint density at radius 2 is 2.17 bits per heavy atom. The number of halogens is 1. The quantitative estimate of drug-likeness (QED) is 0.768. The Bertz CT molecular complexity index is 676. The Morgan fingerprint density at radius 3 is 2.83 bits per heavy atom. The number of pyridine rings is 1. The molecule has 90 valence electrons. The van der Waals surface area contributed by atoms with E-state index in [-0.39, 0.29) is 0 Å². The highest BCUT2D eigenvalue weighted by molar-refractivity contribution is 7.14. The molecule has 7 heteroatoms. The molecular weight excluding hydrogens is 255 g/mol. The van der Waals surface area contributed by atoms with Crippen LogP contribution in [0.5, 0.6) is 0 Å². The van der Waals surface area contributed by atoms with E-state index in [9.17, 15) is 4.39 Å². The second-order valence-electron chi connectivity index (χ2n) is 3.48. The smallest absolute Gasteiger partial charge is 0.261 e. The Hall–Kier alpha value is -2.28. The van der Waals surface area contributed by atoms with Crippen molar-refractivity contribution in [3.05, 3.63) is 35.6 Å². The topological polar surface area (TPSA) is 77.8 Å². The summed E-state index contributed by atoms with van der Waals surface area (Å²) in [6, 6.07) is 4.58. The van der Waals surface area contributed by atoms with Gasteiger partial charge >= 0.3 is 0 Å². The highest BCUT2D eigenvalue weighted by atomic mass is 32.1. The van der Waals surface area contributed by atoms with Gasteiger partial charge in [0.05, 0.1) is 16.8 Å². The van der Waals surface area contributed by atoms with Crippen LogP contribution in [0.25, 0.3) is 23.0 Å². The first-order valence-electron chi connectivity index (χ1n) is 5.03. The van der Waals surface area contributed by atoms with Gasteiger partial charge in [-0.2, -0.15) is 4.98 Å². The van der Waals surface area contributed by atoms with Crippen LogP contribution in [0.2, 0.25) is 0 Å². The molecule has 0 saturated carbocycles. The normalized spacial score (nSPS) is 10.7. The fraction of sp³-hybridized carbons (Fsp3) is 0. The first-order valence-corrected chi connectivity index (χ1v) is 5.91. The molecule has 0 bridgehead atoms.